The smallest absolute Gasteiger partial charge is 0.258 e. The Kier molecular flexibility index (Phi) is 3.17. The second-order valence-corrected chi connectivity index (χ2v) is 5.47. The zero-order chi connectivity index (χ0) is 11.7. The van der Waals surface area contributed by atoms with Gasteiger partial charge in [0.2, 0.25) is 0 Å². The normalized spacial score (nSPS) is 10.4. The van der Waals surface area contributed by atoms with Crippen LogP contribution in [0.15, 0.2) is 22.1 Å². The van der Waals surface area contributed by atoms with Gasteiger partial charge in [0, 0.05) is 11.1 Å². The van der Waals surface area contributed by atoms with E-state index in [-0.39, 0.29) is 5.69 Å². The molecule has 0 atom stereocenters. The first-order valence-corrected chi connectivity index (χ1v) is 6.00. The van der Waals surface area contributed by atoms with Gasteiger partial charge in [-0.3, -0.25) is 10.1 Å². The van der Waals surface area contributed by atoms with Crippen LogP contribution in [0.2, 0.25) is 5.02 Å². The summed E-state index contributed by atoms with van der Waals surface area (Å²) in [5, 5.41) is 19.2. The fraction of sp³-hybridized carbons (Fsp3) is 0. The molecule has 2 aromatic rings. The molecule has 8 heteroatoms. The molecular weight excluding hydrogens is 318 g/mol. The molecule has 0 radical (unpaired) electrons. The van der Waals surface area contributed by atoms with Crippen molar-refractivity contribution in [1.29, 1.82) is 0 Å². The van der Waals surface area contributed by atoms with Crippen molar-refractivity contribution in [3.63, 3.8) is 0 Å². The summed E-state index contributed by atoms with van der Waals surface area (Å²) in [4.78, 5) is 10.4. The highest BCUT2D eigenvalue weighted by Crippen LogP contribution is 2.34. The van der Waals surface area contributed by atoms with E-state index in [4.69, 9.17) is 11.6 Å². The minimum absolute atomic E-state index is 0.0730. The van der Waals surface area contributed by atoms with Crippen molar-refractivity contribution in [2.24, 2.45) is 0 Å². The maximum absolute atomic E-state index is 10.8. The number of benzene rings is 1. The van der Waals surface area contributed by atoms with Crippen LogP contribution in [0.3, 0.4) is 0 Å². The molecule has 0 fully saturated rings. The summed E-state index contributed by atoms with van der Waals surface area (Å²) in [6.45, 7) is 0. The summed E-state index contributed by atoms with van der Waals surface area (Å²) >= 11 is 10.1. The largest absolute Gasteiger partial charge is 0.281 e. The van der Waals surface area contributed by atoms with Gasteiger partial charge in [-0.15, -0.1) is 10.2 Å². The molecule has 0 unspecified atom stereocenters. The van der Waals surface area contributed by atoms with Gasteiger partial charge in [-0.05, 0) is 28.1 Å². The third-order valence-electron chi connectivity index (χ3n) is 1.79. The van der Waals surface area contributed by atoms with Gasteiger partial charge in [-0.1, -0.05) is 22.9 Å². The molecule has 0 bridgehead atoms. The lowest BCUT2D eigenvalue weighted by atomic mass is 10.2. The molecule has 0 aliphatic rings. The molecule has 0 spiro atoms. The topological polar surface area (TPSA) is 68.9 Å². The summed E-state index contributed by atoms with van der Waals surface area (Å²) < 4.78 is 0.576. The minimum atomic E-state index is -0.490. The highest BCUT2D eigenvalue weighted by Gasteiger charge is 2.18. The number of aromatic nitrogens is 2. The van der Waals surface area contributed by atoms with Crippen molar-refractivity contribution in [1.82, 2.24) is 10.2 Å². The van der Waals surface area contributed by atoms with E-state index in [9.17, 15) is 10.1 Å². The van der Waals surface area contributed by atoms with E-state index >= 15 is 0 Å². The summed E-state index contributed by atoms with van der Waals surface area (Å²) in [6, 6.07) is 4.44. The molecule has 0 aliphatic heterocycles. The number of nitro benzene ring substituents is 1. The van der Waals surface area contributed by atoms with Gasteiger partial charge in [0.15, 0.2) is 8.92 Å². The van der Waals surface area contributed by atoms with Crippen LogP contribution < -0.4 is 0 Å². The summed E-state index contributed by atoms with van der Waals surface area (Å²) in [7, 11) is 0. The molecule has 0 N–H and O–H groups in total. The summed E-state index contributed by atoms with van der Waals surface area (Å²) in [5.74, 6) is 0. The van der Waals surface area contributed by atoms with E-state index in [0.29, 0.717) is 19.5 Å². The van der Waals surface area contributed by atoms with Crippen molar-refractivity contribution in [3.8, 4) is 10.6 Å². The first-order chi connectivity index (χ1) is 7.58. The Labute approximate surface area is 107 Å². The second-order valence-electron chi connectivity index (χ2n) is 2.78. The van der Waals surface area contributed by atoms with Crippen LogP contribution in [-0.2, 0) is 0 Å². The summed E-state index contributed by atoms with van der Waals surface area (Å²) in [5.41, 5.74) is 0.341. The Morgan fingerprint density at radius 2 is 2.19 bits per heavy atom. The van der Waals surface area contributed by atoms with E-state index in [1.165, 1.54) is 17.4 Å². The Morgan fingerprint density at radius 3 is 2.75 bits per heavy atom. The molecule has 0 saturated carbocycles. The van der Waals surface area contributed by atoms with Crippen molar-refractivity contribution >= 4 is 44.6 Å². The Bertz CT molecular complexity index is 560. The average Bonchev–Trinajstić information content (AvgIpc) is 2.64. The van der Waals surface area contributed by atoms with E-state index in [2.05, 4.69) is 26.1 Å². The fourth-order valence-corrected chi connectivity index (χ4v) is 2.46. The molecule has 1 heterocycles. The minimum Gasteiger partial charge on any atom is -0.258 e. The first-order valence-electron chi connectivity index (χ1n) is 4.01. The lowest BCUT2D eigenvalue weighted by Gasteiger charge is -1.98. The van der Waals surface area contributed by atoms with Gasteiger partial charge in [-0.2, -0.15) is 0 Å². The van der Waals surface area contributed by atoms with Crippen molar-refractivity contribution < 1.29 is 4.92 Å². The average molecular weight is 321 g/mol. The molecular formula is C8H3BrClN3O2S. The van der Waals surface area contributed by atoms with Gasteiger partial charge in [-0.25, -0.2) is 0 Å². The van der Waals surface area contributed by atoms with E-state index in [1.54, 1.807) is 12.1 Å². The first kappa shape index (κ1) is 11.4. The number of nitro groups is 1. The molecule has 1 aromatic carbocycles. The third-order valence-corrected chi connectivity index (χ3v) is 3.41. The molecule has 1 aromatic heterocycles. The maximum Gasteiger partial charge on any atom is 0.281 e. The van der Waals surface area contributed by atoms with Crippen LogP contribution in [0, 0.1) is 10.1 Å². The predicted molar refractivity (Wildman–Crippen MR) is 64.7 cm³/mol. The number of hydrogen-bond donors (Lipinski definition) is 0. The van der Waals surface area contributed by atoms with E-state index in [0.717, 1.165) is 0 Å². The SMILES string of the molecule is O=[N+]([O-])c1cc(Cl)ccc1-c1nnc(Br)s1. The summed E-state index contributed by atoms with van der Waals surface area (Å²) in [6.07, 6.45) is 0. The Hall–Kier alpha value is -1.05. The van der Waals surface area contributed by atoms with Gasteiger partial charge in [0.1, 0.15) is 0 Å². The molecule has 0 amide bonds. The standard InChI is InChI=1S/C8H3BrClN3O2S/c9-8-12-11-7(16-8)5-2-1-4(10)3-6(5)13(14)15/h1-3H. The number of halogens is 2. The monoisotopic (exact) mass is 319 g/mol. The lowest BCUT2D eigenvalue weighted by Crippen LogP contribution is -1.91. The van der Waals surface area contributed by atoms with Crippen LogP contribution >= 0.6 is 38.9 Å². The zero-order valence-corrected chi connectivity index (χ0v) is 10.7. The van der Waals surface area contributed by atoms with E-state index in [1.807, 2.05) is 0 Å². The lowest BCUT2D eigenvalue weighted by molar-refractivity contribution is -0.384. The molecule has 2 rings (SSSR count). The highest BCUT2D eigenvalue weighted by atomic mass is 79.9. The van der Waals surface area contributed by atoms with Crippen molar-refractivity contribution in [2.75, 3.05) is 0 Å². The highest BCUT2D eigenvalue weighted by molar-refractivity contribution is 9.11. The molecule has 82 valence electrons. The van der Waals surface area contributed by atoms with Crippen molar-refractivity contribution in [3.05, 3.63) is 37.3 Å². The van der Waals surface area contributed by atoms with Gasteiger partial charge in [0.25, 0.3) is 5.69 Å². The molecule has 0 saturated heterocycles. The molecule has 5 nitrogen and oxygen atoms in total. The van der Waals surface area contributed by atoms with Gasteiger partial charge < -0.3 is 0 Å². The Morgan fingerprint density at radius 1 is 1.44 bits per heavy atom. The van der Waals surface area contributed by atoms with Crippen LogP contribution in [0.5, 0.6) is 0 Å². The number of rotatable bonds is 2. The number of nitrogens with zero attached hydrogens (tertiary/aromatic N) is 3. The van der Waals surface area contributed by atoms with Gasteiger partial charge in [0.05, 0.1) is 10.5 Å². The third kappa shape index (κ3) is 2.21. The van der Waals surface area contributed by atoms with Crippen LogP contribution in [0.25, 0.3) is 10.6 Å². The van der Waals surface area contributed by atoms with Gasteiger partial charge >= 0.3 is 0 Å². The fourth-order valence-electron chi connectivity index (χ4n) is 1.15. The molecule has 16 heavy (non-hydrogen) atoms. The van der Waals surface area contributed by atoms with E-state index < -0.39 is 4.92 Å². The van der Waals surface area contributed by atoms with Crippen LogP contribution in [-0.4, -0.2) is 15.1 Å². The van der Waals surface area contributed by atoms with Crippen LogP contribution in [0.1, 0.15) is 0 Å². The van der Waals surface area contributed by atoms with Crippen molar-refractivity contribution in [2.45, 2.75) is 0 Å². The Balaban J connectivity index is 2.60. The number of hydrogen-bond acceptors (Lipinski definition) is 5. The quantitative estimate of drug-likeness (QED) is 0.627. The maximum atomic E-state index is 10.8. The zero-order valence-electron chi connectivity index (χ0n) is 7.55. The van der Waals surface area contributed by atoms with Crippen LogP contribution in [0.4, 0.5) is 5.69 Å². The predicted octanol–water partition coefficient (Wildman–Crippen LogP) is 3.53. The second kappa shape index (κ2) is 4.44. The molecule has 0 aliphatic carbocycles.